The molecule has 0 atom stereocenters. The first-order valence-electron chi connectivity index (χ1n) is 7.15. The summed E-state index contributed by atoms with van der Waals surface area (Å²) in [5.74, 6) is 2.55. The highest BCUT2D eigenvalue weighted by Crippen LogP contribution is 2.24. The van der Waals surface area contributed by atoms with Crippen LogP contribution in [0.5, 0.6) is 5.75 Å². The Morgan fingerprint density at radius 3 is 2.92 bits per heavy atom. The summed E-state index contributed by atoms with van der Waals surface area (Å²) in [4.78, 5) is 5.29. The van der Waals surface area contributed by atoms with Crippen molar-refractivity contribution in [3.05, 3.63) is 53.6 Å². The third-order valence-electron chi connectivity index (χ3n) is 3.30. The maximum Gasteiger partial charge on any atom is 0.247 e. The fraction of sp³-hybridized carbons (Fsp3) is 0.125. The molecule has 4 rings (SSSR count). The predicted octanol–water partition coefficient (Wildman–Crippen LogP) is 3.45. The van der Waals surface area contributed by atoms with E-state index in [0.717, 1.165) is 16.2 Å². The fourth-order valence-electron chi connectivity index (χ4n) is 2.16. The zero-order valence-electron chi connectivity index (χ0n) is 12.7. The van der Waals surface area contributed by atoms with Crippen LogP contribution in [-0.2, 0) is 6.42 Å². The number of hydrogen-bond donors (Lipinski definition) is 0. The molecule has 0 N–H and O–H groups in total. The summed E-state index contributed by atoms with van der Waals surface area (Å²) < 4.78 is 16.1. The molecule has 1 aromatic carbocycles. The van der Waals surface area contributed by atoms with Gasteiger partial charge in [0.2, 0.25) is 23.5 Å². The highest BCUT2D eigenvalue weighted by molar-refractivity contribution is 7.13. The van der Waals surface area contributed by atoms with Crippen molar-refractivity contribution in [3.8, 4) is 27.9 Å². The molecule has 120 valence electrons. The van der Waals surface area contributed by atoms with E-state index in [2.05, 4.69) is 20.3 Å². The van der Waals surface area contributed by atoms with Crippen molar-refractivity contribution in [2.24, 2.45) is 0 Å². The summed E-state index contributed by atoms with van der Waals surface area (Å²) in [5, 5.41) is 14.0. The van der Waals surface area contributed by atoms with E-state index in [1.807, 2.05) is 41.8 Å². The van der Waals surface area contributed by atoms with Crippen molar-refractivity contribution < 1.29 is 13.7 Å². The van der Waals surface area contributed by atoms with Crippen molar-refractivity contribution in [1.29, 1.82) is 0 Å². The van der Waals surface area contributed by atoms with Gasteiger partial charge in [-0.3, -0.25) is 0 Å². The summed E-state index contributed by atoms with van der Waals surface area (Å²) in [5.41, 5.74) is 0.790. The molecular weight excluding hydrogens is 328 g/mol. The van der Waals surface area contributed by atoms with E-state index in [1.54, 1.807) is 18.4 Å². The SMILES string of the molecule is COc1cccc(-c2nnc(Cc3nc(-c4cccs4)no3)o2)c1. The van der Waals surface area contributed by atoms with Crippen LogP contribution in [0.4, 0.5) is 0 Å². The van der Waals surface area contributed by atoms with Gasteiger partial charge in [-0.2, -0.15) is 4.98 Å². The van der Waals surface area contributed by atoms with E-state index in [9.17, 15) is 0 Å². The largest absolute Gasteiger partial charge is 0.497 e. The van der Waals surface area contributed by atoms with Crippen molar-refractivity contribution in [3.63, 3.8) is 0 Å². The van der Waals surface area contributed by atoms with E-state index >= 15 is 0 Å². The molecule has 0 aliphatic heterocycles. The molecule has 24 heavy (non-hydrogen) atoms. The summed E-state index contributed by atoms with van der Waals surface area (Å²) in [6.07, 6.45) is 0.287. The average molecular weight is 340 g/mol. The fourth-order valence-corrected chi connectivity index (χ4v) is 2.81. The highest BCUT2D eigenvalue weighted by atomic mass is 32.1. The third-order valence-corrected chi connectivity index (χ3v) is 4.16. The Hall–Kier alpha value is -3.00. The highest BCUT2D eigenvalue weighted by Gasteiger charge is 2.15. The molecule has 0 saturated carbocycles. The van der Waals surface area contributed by atoms with Gasteiger partial charge in [-0.1, -0.05) is 17.3 Å². The lowest BCUT2D eigenvalue weighted by molar-refractivity contribution is 0.374. The first-order valence-corrected chi connectivity index (χ1v) is 8.03. The zero-order valence-corrected chi connectivity index (χ0v) is 13.5. The molecule has 8 heteroatoms. The molecule has 0 unspecified atom stereocenters. The molecular formula is C16H12N4O3S. The van der Waals surface area contributed by atoms with Gasteiger partial charge in [0.05, 0.1) is 12.0 Å². The summed E-state index contributed by atoms with van der Waals surface area (Å²) in [6, 6.07) is 11.3. The second-order valence-corrected chi connectivity index (χ2v) is 5.85. The predicted molar refractivity (Wildman–Crippen MR) is 86.7 cm³/mol. The summed E-state index contributed by atoms with van der Waals surface area (Å²) >= 11 is 1.55. The number of thiophene rings is 1. The van der Waals surface area contributed by atoms with E-state index in [1.165, 1.54) is 0 Å². The Labute approximate surface area is 140 Å². The van der Waals surface area contributed by atoms with Gasteiger partial charge < -0.3 is 13.7 Å². The normalized spacial score (nSPS) is 10.9. The minimum atomic E-state index is 0.287. The van der Waals surface area contributed by atoms with Gasteiger partial charge in [0.15, 0.2) is 0 Å². The van der Waals surface area contributed by atoms with Gasteiger partial charge in [0, 0.05) is 5.56 Å². The topological polar surface area (TPSA) is 87.1 Å². The van der Waals surface area contributed by atoms with Crippen LogP contribution in [0.2, 0.25) is 0 Å². The Morgan fingerprint density at radius 2 is 2.08 bits per heavy atom. The quantitative estimate of drug-likeness (QED) is 0.550. The van der Waals surface area contributed by atoms with Crippen molar-refractivity contribution >= 4 is 11.3 Å². The molecule has 3 heterocycles. The molecule has 0 amide bonds. The van der Waals surface area contributed by atoms with Gasteiger partial charge in [0.1, 0.15) is 12.2 Å². The molecule has 0 bridgehead atoms. The number of aromatic nitrogens is 4. The summed E-state index contributed by atoms with van der Waals surface area (Å²) in [6.45, 7) is 0. The Balaban J connectivity index is 1.53. The van der Waals surface area contributed by atoms with Crippen LogP contribution < -0.4 is 4.74 Å². The van der Waals surface area contributed by atoms with Crippen LogP contribution in [0, 0.1) is 0 Å². The van der Waals surface area contributed by atoms with Crippen molar-refractivity contribution in [2.45, 2.75) is 6.42 Å². The van der Waals surface area contributed by atoms with E-state index in [4.69, 9.17) is 13.7 Å². The van der Waals surface area contributed by atoms with Gasteiger partial charge in [-0.25, -0.2) is 0 Å². The molecule has 0 aliphatic rings. The van der Waals surface area contributed by atoms with Gasteiger partial charge in [-0.05, 0) is 29.6 Å². The molecule has 7 nitrogen and oxygen atoms in total. The minimum Gasteiger partial charge on any atom is -0.497 e. The molecule has 0 fully saturated rings. The standard InChI is InChI=1S/C16H12N4O3S/c1-21-11-5-2-4-10(8-11)16-19-18-14(22-16)9-13-17-15(20-23-13)12-6-3-7-24-12/h2-8H,9H2,1H3. The smallest absolute Gasteiger partial charge is 0.247 e. The Bertz CT molecular complexity index is 946. The second-order valence-electron chi connectivity index (χ2n) is 4.90. The molecule has 4 aromatic rings. The minimum absolute atomic E-state index is 0.287. The van der Waals surface area contributed by atoms with Crippen molar-refractivity contribution in [1.82, 2.24) is 20.3 Å². The lowest BCUT2D eigenvalue weighted by Crippen LogP contribution is -1.88. The van der Waals surface area contributed by atoms with E-state index < -0.39 is 0 Å². The third kappa shape index (κ3) is 2.91. The monoisotopic (exact) mass is 340 g/mol. The van der Waals surface area contributed by atoms with Crippen LogP contribution in [-0.4, -0.2) is 27.4 Å². The average Bonchev–Trinajstić information content (AvgIpc) is 3.36. The first-order chi connectivity index (χ1) is 11.8. The lowest BCUT2D eigenvalue weighted by Gasteiger charge is -1.99. The molecule has 3 aromatic heterocycles. The zero-order chi connectivity index (χ0) is 16.4. The molecule has 0 aliphatic carbocycles. The first kappa shape index (κ1) is 14.6. The number of rotatable bonds is 5. The van der Waals surface area contributed by atoms with Crippen LogP contribution in [0.15, 0.2) is 50.7 Å². The van der Waals surface area contributed by atoms with E-state index in [-0.39, 0.29) is 6.42 Å². The molecule has 0 radical (unpaired) electrons. The maximum absolute atomic E-state index is 5.67. The molecule has 0 saturated heterocycles. The Kier molecular flexibility index (Phi) is 3.80. The van der Waals surface area contributed by atoms with Crippen LogP contribution in [0.25, 0.3) is 22.2 Å². The number of methoxy groups -OCH3 is 1. The summed E-state index contributed by atoms with van der Waals surface area (Å²) in [7, 11) is 1.61. The van der Waals surface area contributed by atoms with Crippen molar-refractivity contribution in [2.75, 3.05) is 7.11 Å². The molecule has 0 spiro atoms. The number of nitrogens with zero attached hydrogens (tertiary/aromatic N) is 4. The number of ether oxygens (including phenoxy) is 1. The second kappa shape index (κ2) is 6.25. The lowest BCUT2D eigenvalue weighted by atomic mass is 10.2. The van der Waals surface area contributed by atoms with Gasteiger partial charge in [-0.15, -0.1) is 21.5 Å². The Morgan fingerprint density at radius 1 is 1.12 bits per heavy atom. The van der Waals surface area contributed by atoms with Crippen LogP contribution >= 0.6 is 11.3 Å². The maximum atomic E-state index is 5.67. The number of benzene rings is 1. The number of hydrogen-bond acceptors (Lipinski definition) is 8. The van der Waals surface area contributed by atoms with E-state index in [0.29, 0.717) is 23.5 Å². The van der Waals surface area contributed by atoms with Crippen LogP contribution in [0.1, 0.15) is 11.8 Å². The van der Waals surface area contributed by atoms with Crippen LogP contribution in [0.3, 0.4) is 0 Å². The van der Waals surface area contributed by atoms with Gasteiger partial charge in [0.25, 0.3) is 0 Å². The van der Waals surface area contributed by atoms with Gasteiger partial charge >= 0.3 is 0 Å².